The number of esters is 1. The number of hydrogen-bond acceptors (Lipinski definition) is 6. The average molecular weight is 476 g/mol. The predicted molar refractivity (Wildman–Crippen MR) is 112 cm³/mol. The van der Waals surface area contributed by atoms with Gasteiger partial charge in [0.2, 0.25) is 5.91 Å². The number of non-ortho nitro benzene ring substituents is 1. The van der Waals surface area contributed by atoms with Crippen molar-refractivity contribution in [2.45, 2.75) is 13.3 Å². The van der Waals surface area contributed by atoms with Crippen LogP contribution in [0.4, 0.5) is 17.1 Å². The monoisotopic (exact) mass is 475 g/mol. The lowest BCUT2D eigenvalue weighted by Crippen LogP contribution is -2.28. The molecule has 30 heavy (non-hydrogen) atoms. The van der Waals surface area contributed by atoms with Crippen molar-refractivity contribution in [1.82, 2.24) is 0 Å². The van der Waals surface area contributed by atoms with Gasteiger partial charge >= 0.3 is 5.97 Å². The summed E-state index contributed by atoms with van der Waals surface area (Å²) in [7, 11) is 0. The molecule has 2 amide bonds. The number of nitro groups is 1. The summed E-state index contributed by atoms with van der Waals surface area (Å²) in [5.41, 5.74) is 1.90. The number of nitrogens with zero attached hydrogens (tertiary/aromatic N) is 2. The lowest BCUT2D eigenvalue weighted by atomic mass is 10.1. The molecule has 1 aliphatic heterocycles. The third kappa shape index (κ3) is 5.01. The van der Waals surface area contributed by atoms with E-state index in [1.54, 1.807) is 18.2 Å². The molecule has 0 aliphatic carbocycles. The molecule has 10 heteroatoms. The van der Waals surface area contributed by atoms with Crippen molar-refractivity contribution in [2.24, 2.45) is 5.92 Å². The quantitative estimate of drug-likeness (QED) is 0.389. The number of aryl methyl sites for hydroxylation is 1. The van der Waals surface area contributed by atoms with E-state index in [-0.39, 0.29) is 24.6 Å². The van der Waals surface area contributed by atoms with Crippen LogP contribution < -0.4 is 10.2 Å². The Morgan fingerprint density at radius 3 is 2.60 bits per heavy atom. The number of halogens is 1. The van der Waals surface area contributed by atoms with Crippen LogP contribution in [0.5, 0.6) is 0 Å². The summed E-state index contributed by atoms with van der Waals surface area (Å²) in [5.74, 6) is -2.13. The zero-order valence-electron chi connectivity index (χ0n) is 16.0. The van der Waals surface area contributed by atoms with E-state index < -0.39 is 29.3 Å². The molecular weight excluding hydrogens is 458 g/mol. The van der Waals surface area contributed by atoms with Gasteiger partial charge in [0.15, 0.2) is 6.61 Å². The number of ether oxygens (including phenoxy) is 1. The molecule has 0 spiro atoms. The van der Waals surface area contributed by atoms with Gasteiger partial charge in [-0.1, -0.05) is 15.9 Å². The maximum absolute atomic E-state index is 12.3. The van der Waals surface area contributed by atoms with Crippen molar-refractivity contribution in [1.29, 1.82) is 0 Å². The van der Waals surface area contributed by atoms with Gasteiger partial charge in [-0.25, -0.2) is 0 Å². The second-order valence-electron chi connectivity index (χ2n) is 6.80. The van der Waals surface area contributed by atoms with Crippen LogP contribution in [0, 0.1) is 23.0 Å². The van der Waals surface area contributed by atoms with E-state index >= 15 is 0 Å². The zero-order valence-corrected chi connectivity index (χ0v) is 17.5. The Balaban J connectivity index is 1.53. The zero-order chi connectivity index (χ0) is 21.8. The number of nitro benzene ring substituents is 1. The standard InChI is InChI=1S/C20H18BrN3O6/c1-12-8-14(2-7-17(12)21)22-18(25)11-30-20(27)13-9-19(26)23(10-13)15-3-5-16(6-4-15)24(28)29/h2-8,13H,9-11H2,1H3,(H,22,25)/t13-/m1/s1. The van der Waals surface area contributed by atoms with E-state index in [2.05, 4.69) is 21.2 Å². The van der Waals surface area contributed by atoms with Crippen molar-refractivity contribution >= 4 is 50.8 Å². The van der Waals surface area contributed by atoms with Crippen LogP contribution >= 0.6 is 15.9 Å². The fourth-order valence-corrected chi connectivity index (χ4v) is 3.29. The molecule has 9 nitrogen and oxygen atoms in total. The van der Waals surface area contributed by atoms with Gasteiger partial charge in [0, 0.05) is 40.9 Å². The first kappa shape index (κ1) is 21.4. The summed E-state index contributed by atoms with van der Waals surface area (Å²) < 4.78 is 5.98. The Bertz CT molecular complexity index is 1010. The first-order valence-electron chi connectivity index (χ1n) is 9.02. The molecule has 0 saturated carbocycles. The average Bonchev–Trinajstić information content (AvgIpc) is 3.11. The molecular formula is C20H18BrN3O6. The molecule has 2 aromatic carbocycles. The minimum absolute atomic E-state index is 0.0522. The van der Waals surface area contributed by atoms with Crippen molar-refractivity contribution in [2.75, 3.05) is 23.4 Å². The Labute approximate surface area is 180 Å². The third-order valence-corrected chi connectivity index (χ3v) is 5.51. The topological polar surface area (TPSA) is 119 Å². The number of carbonyl (C=O) groups is 3. The van der Waals surface area contributed by atoms with Gasteiger partial charge in [0.1, 0.15) is 0 Å². The van der Waals surface area contributed by atoms with Crippen molar-refractivity contribution in [3.05, 3.63) is 62.6 Å². The van der Waals surface area contributed by atoms with Crippen molar-refractivity contribution in [3.63, 3.8) is 0 Å². The highest BCUT2D eigenvalue weighted by Crippen LogP contribution is 2.27. The van der Waals surface area contributed by atoms with Crippen LogP contribution in [0.1, 0.15) is 12.0 Å². The van der Waals surface area contributed by atoms with Crippen LogP contribution in [0.3, 0.4) is 0 Å². The second kappa shape index (κ2) is 9.04. The summed E-state index contributed by atoms with van der Waals surface area (Å²) >= 11 is 3.38. The van der Waals surface area contributed by atoms with E-state index in [0.29, 0.717) is 11.4 Å². The van der Waals surface area contributed by atoms with Gasteiger partial charge in [-0.05, 0) is 42.8 Å². The number of carbonyl (C=O) groups excluding carboxylic acids is 3. The first-order valence-corrected chi connectivity index (χ1v) is 9.81. The molecule has 1 saturated heterocycles. The van der Waals surface area contributed by atoms with Crippen LogP contribution in [-0.2, 0) is 19.1 Å². The molecule has 3 rings (SSSR count). The third-order valence-electron chi connectivity index (χ3n) is 4.62. The van der Waals surface area contributed by atoms with Crippen LogP contribution in [-0.4, -0.2) is 35.9 Å². The molecule has 2 aromatic rings. The fourth-order valence-electron chi connectivity index (χ4n) is 3.04. The van der Waals surface area contributed by atoms with E-state index in [4.69, 9.17) is 4.74 Å². The Kier molecular flexibility index (Phi) is 6.46. The highest BCUT2D eigenvalue weighted by Gasteiger charge is 2.36. The minimum atomic E-state index is -0.713. The van der Waals surface area contributed by atoms with Crippen LogP contribution in [0.25, 0.3) is 0 Å². The van der Waals surface area contributed by atoms with Crippen molar-refractivity contribution < 1.29 is 24.0 Å². The second-order valence-corrected chi connectivity index (χ2v) is 7.65. The highest BCUT2D eigenvalue weighted by molar-refractivity contribution is 9.10. The summed E-state index contributed by atoms with van der Waals surface area (Å²) in [4.78, 5) is 48.2. The maximum Gasteiger partial charge on any atom is 0.311 e. The number of rotatable bonds is 6. The van der Waals surface area contributed by atoms with Crippen LogP contribution in [0.15, 0.2) is 46.9 Å². The first-order chi connectivity index (χ1) is 14.2. The number of anilines is 2. The van der Waals surface area contributed by atoms with Crippen molar-refractivity contribution in [3.8, 4) is 0 Å². The fraction of sp³-hybridized carbons (Fsp3) is 0.250. The molecule has 0 unspecified atom stereocenters. The van der Waals surface area contributed by atoms with Gasteiger partial charge in [0.05, 0.1) is 10.8 Å². The smallest absolute Gasteiger partial charge is 0.311 e. The molecule has 0 bridgehead atoms. The van der Waals surface area contributed by atoms with E-state index in [0.717, 1.165) is 10.0 Å². The number of benzene rings is 2. The SMILES string of the molecule is Cc1cc(NC(=O)COC(=O)[C@@H]2CC(=O)N(c3ccc([N+](=O)[O-])cc3)C2)ccc1Br. The van der Waals surface area contributed by atoms with E-state index in [1.165, 1.54) is 29.2 Å². The normalized spacial score (nSPS) is 15.7. The van der Waals surface area contributed by atoms with Gasteiger partial charge in [-0.15, -0.1) is 0 Å². The molecule has 1 heterocycles. The Hall–Kier alpha value is -3.27. The van der Waals surface area contributed by atoms with Gasteiger partial charge < -0.3 is 15.0 Å². The largest absolute Gasteiger partial charge is 0.455 e. The molecule has 0 aromatic heterocycles. The van der Waals surface area contributed by atoms with Crippen LogP contribution in [0.2, 0.25) is 0 Å². The number of hydrogen-bond donors (Lipinski definition) is 1. The summed E-state index contributed by atoms with van der Waals surface area (Å²) in [5, 5.41) is 13.4. The van der Waals surface area contributed by atoms with E-state index in [9.17, 15) is 24.5 Å². The lowest BCUT2D eigenvalue weighted by Gasteiger charge is -2.16. The molecule has 1 atom stereocenters. The number of nitrogens with one attached hydrogen (secondary N) is 1. The Morgan fingerprint density at radius 1 is 1.27 bits per heavy atom. The molecule has 1 aliphatic rings. The lowest BCUT2D eigenvalue weighted by molar-refractivity contribution is -0.384. The molecule has 1 fully saturated rings. The highest BCUT2D eigenvalue weighted by atomic mass is 79.9. The Morgan fingerprint density at radius 2 is 1.97 bits per heavy atom. The molecule has 0 radical (unpaired) electrons. The molecule has 1 N–H and O–H groups in total. The summed E-state index contributed by atoms with van der Waals surface area (Å²) in [6, 6.07) is 10.8. The summed E-state index contributed by atoms with van der Waals surface area (Å²) in [6.45, 7) is 1.51. The summed E-state index contributed by atoms with van der Waals surface area (Å²) in [6.07, 6.45) is -0.0522. The maximum atomic E-state index is 12.3. The van der Waals surface area contributed by atoms with E-state index in [1.807, 2.05) is 6.92 Å². The van der Waals surface area contributed by atoms with Gasteiger partial charge in [-0.3, -0.25) is 24.5 Å². The van der Waals surface area contributed by atoms with Gasteiger partial charge in [0.25, 0.3) is 11.6 Å². The predicted octanol–water partition coefficient (Wildman–Crippen LogP) is 3.20. The molecule has 156 valence electrons. The van der Waals surface area contributed by atoms with Gasteiger partial charge in [-0.2, -0.15) is 0 Å². The minimum Gasteiger partial charge on any atom is -0.455 e. The number of amides is 2.